The Morgan fingerprint density at radius 3 is 2.14 bits per heavy atom. The Bertz CT molecular complexity index is 533. The molecule has 0 aliphatic rings. The van der Waals surface area contributed by atoms with Crippen molar-refractivity contribution in [1.29, 1.82) is 0 Å². The van der Waals surface area contributed by atoms with Crippen LogP contribution in [0.15, 0.2) is 12.1 Å². The largest absolute Gasteiger partial charge is 0.507 e. The van der Waals surface area contributed by atoms with Gasteiger partial charge in [0.05, 0.1) is 18.6 Å². The van der Waals surface area contributed by atoms with E-state index in [1.54, 1.807) is 0 Å². The van der Waals surface area contributed by atoms with Crippen LogP contribution in [0.5, 0.6) is 5.75 Å². The maximum absolute atomic E-state index is 12.7. The number of halogens is 6. The van der Waals surface area contributed by atoms with E-state index in [0.29, 0.717) is 6.07 Å². The molecular weight excluding hydrogens is 306 g/mol. The molecule has 0 amide bonds. The zero-order valence-corrected chi connectivity index (χ0v) is 10.6. The summed E-state index contributed by atoms with van der Waals surface area (Å²) in [6.07, 6.45) is -11.5. The Hall–Kier alpha value is -1.93. The smallest absolute Gasteiger partial charge is 0.420 e. The number of phenols is 1. The van der Waals surface area contributed by atoms with Gasteiger partial charge in [-0.3, -0.25) is 4.79 Å². The molecule has 1 aromatic carbocycles. The number of phenolic OH excluding ortho intramolecular Hbond substituents is 1. The lowest BCUT2D eigenvalue weighted by Crippen LogP contribution is -2.18. The second-order valence-electron chi connectivity index (χ2n) is 3.97. The lowest BCUT2D eigenvalue weighted by Gasteiger charge is -2.18. The molecule has 21 heavy (non-hydrogen) atoms. The summed E-state index contributed by atoms with van der Waals surface area (Å²) in [7, 11) is 0. The number of rotatable bonds is 3. The van der Waals surface area contributed by atoms with Crippen molar-refractivity contribution in [3.8, 4) is 5.75 Å². The Labute approximate surface area is 115 Å². The minimum atomic E-state index is -5.42. The van der Waals surface area contributed by atoms with Gasteiger partial charge in [0.15, 0.2) is 0 Å². The molecular formula is C12H10F6O3. The Morgan fingerprint density at radius 2 is 1.71 bits per heavy atom. The molecule has 3 nitrogen and oxygen atoms in total. The van der Waals surface area contributed by atoms with E-state index >= 15 is 0 Å². The number of esters is 1. The quantitative estimate of drug-likeness (QED) is 0.685. The van der Waals surface area contributed by atoms with E-state index in [-0.39, 0.29) is 12.7 Å². The van der Waals surface area contributed by atoms with Crippen LogP contribution in [0.25, 0.3) is 0 Å². The topological polar surface area (TPSA) is 46.5 Å². The van der Waals surface area contributed by atoms with Crippen molar-refractivity contribution in [3.63, 3.8) is 0 Å². The lowest BCUT2D eigenvalue weighted by molar-refractivity contribution is -0.163. The summed E-state index contributed by atoms with van der Waals surface area (Å²) < 4.78 is 80.4. The van der Waals surface area contributed by atoms with Gasteiger partial charge in [0, 0.05) is 5.56 Å². The van der Waals surface area contributed by atoms with Crippen LogP contribution in [0.3, 0.4) is 0 Å². The van der Waals surface area contributed by atoms with Crippen LogP contribution in [0.2, 0.25) is 0 Å². The monoisotopic (exact) mass is 316 g/mol. The maximum Gasteiger partial charge on any atom is 0.420 e. The fourth-order valence-corrected chi connectivity index (χ4v) is 1.67. The molecule has 0 heterocycles. The van der Waals surface area contributed by atoms with Crippen LogP contribution >= 0.6 is 0 Å². The third kappa shape index (κ3) is 4.02. The molecule has 0 aromatic heterocycles. The first-order valence-corrected chi connectivity index (χ1v) is 5.63. The van der Waals surface area contributed by atoms with E-state index in [2.05, 4.69) is 4.74 Å². The van der Waals surface area contributed by atoms with E-state index < -0.39 is 47.2 Å². The molecule has 0 saturated heterocycles. The van der Waals surface area contributed by atoms with E-state index in [9.17, 15) is 36.2 Å². The highest BCUT2D eigenvalue weighted by Gasteiger charge is 2.46. The molecule has 0 unspecified atom stereocenters. The zero-order chi connectivity index (χ0) is 16.4. The average Bonchev–Trinajstić information content (AvgIpc) is 2.28. The lowest BCUT2D eigenvalue weighted by atomic mass is 9.99. The number of hydrogen-bond acceptors (Lipinski definition) is 3. The molecule has 0 saturated carbocycles. The molecule has 0 bridgehead atoms. The van der Waals surface area contributed by atoms with E-state index in [0.717, 1.165) is 0 Å². The fourth-order valence-electron chi connectivity index (χ4n) is 1.67. The summed E-state index contributed by atoms with van der Waals surface area (Å²) in [6, 6.07) is 0.793. The number of hydrogen-bond donors (Lipinski definition) is 1. The summed E-state index contributed by atoms with van der Waals surface area (Å²) in [6.45, 7) is 1.40. The minimum Gasteiger partial charge on any atom is -0.507 e. The van der Waals surface area contributed by atoms with Crippen molar-refractivity contribution in [3.05, 3.63) is 28.8 Å². The van der Waals surface area contributed by atoms with Gasteiger partial charge in [0.2, 0.25) is 0 Å². The summed E-state index contributed by atoms with van der Waals surface area (Å²) in [5.74, 6) is -2.58. The van der Waals surface area contributed by atoms with Gasteiger partial charge in [-0.1, -0.05) is 6.07 Å². The number of aromatic hydroxyl groups is 1. The molecule has 1 aromatic rings. The minimum absolute atomic E-state index is 0.0492. The van der Waals surface area contributed by atoms with Crippen LogP contribution in [0, 0.1) is 0 Å². The molecule has 118 valence electrons. The van der Waals surface area contributed by atoms with Crippen molar-refractivity contribution < 1.29 is 41.0 Å². The van der Waals surface area contributed by atoms with Crippen LogP contribution in [-0.2, 0) is 28.3 Å². The summed E-state index contributed by atoms with van der Waals surface area (Å²) in [5, 5.41) is 9.46. The fraction of sp³-hybridized carbons (Fsp3) is 0.417. The van der Waals surface area contributed by atoms with Gasteiger partial charge < -0.3 is 9.84 Å². The van der Waals surface area contributed by atoms with E-state index in [4.69, 9.17) is 0 Å². The van der Waals surface area contributed by atoms with Crippen LogP contribution < -0.4 is 0 Å². The van der Waals surface area contributed by atoms with Gasteiger partial charge in [0.25, 0.3) is 0 Å². The van der Waals surface area contributed by atoms with E-state index in [1.807, 2.05) is 0 Å². The van der Waals surface area contributed by atoms with Gasteiger partial charge in [-0.25, -0.2) is 0 Å². The number of carbonyl (C=O) groups is 1. The van der Waals surface area contributed by atoms with Crippen molar-refractivity contribution in [1.82, 2.24) is 0 Å². The SMILES string of the molecule is CCOC(=O)Cc1ccc(C(F)(F)F)c(C(F)(F)F)c1O. The first-order valence-electron chi connectivity index (χ1n) is 5.63. The van der Waals surface area contributed by atoms with Crippen molar-refractivity contribution >= 4 is 5.97 Å². The Morgan fingerprint density at radius 1 is 1.14 bits per heavy atom. The summed E-state index contributed by atoms with van der Waals surface area (Å²) >= 11 is 0. The molecule has 0 aliphatic heterocycles. The normalized spacial score (nSPS) is 12.3. The predicted octanol–water partition coefficient (Wildman–Crippen LogP) is 3.54. The third-order valence-electron chi connectivity index (χ3n) is 2.49. The average molecular weight is 316 g/mol. The highest BCUT2D eigenvalue weighted by atomic mass is 19.4. The van der Waals surface area contributed by atoms with Crippen LogP contribution in [0.1, 0.15) is 23.6 Å². The van der Waals surface area contributed by atoms with Crippen molar-refractivity contribution in [2.75, 3.05) is 6.61 Å². The number of ether oxygens (including phenoxy) is 1. The molecule has 1 rings (SSSR count). The van der Waals surface area contributed by atoms with E-state index in [1.165, 1.54) is 6.92 Å². The Kier molecular flexibility index (Phi) is 4.75. The first-order chi connectivity index (χ1) is 9.48. The molecule has 1 N–H and O–H groups in total. The second kappa shape index (κ2) is 5.82. The molecule has 9 heteroatoms. The standard InChI is InChI=1S/C12H10F6O3/c1-2-21-8(19)5-6-3-4-7(11(13,14)15)9(10(6)20)12(16,17)18/h3-4,20H,2,5H2,1H3. The molecule has 0 spiro atoms. The molecule has 0 atom stereocenters. The zero-order valence-electron chi connectivity index (χ0n) is 10.6. The highest BCUT2D eigenvalue weighted by molar-refractivity contribution is 5.74. The second-order valence-corrected chi connectivity index (χ2v) is 3.97. The predicted molar refractivity (Wildman–Crippen MR) is 58.4 cm³/mol. The van der Waals surface area contributed by atoms with Gasteiger partial charge >= 0.3 is 18.3 Å². The van der Waals surface area contributed by atoms with Crippen molar-refractivity contribution in [2.24, 2.45) is 0 Å². The molecule has 0 fully saturated rings. The maximum atomic E-state index is 12.7. The highest BCUT2D eigenvalue weighted by Crippen LogP contribution is 2.45. The number of alkyl halides is 6. The summed E-state index contributed by atoms with van der Waals surface area (Å²) in [5.41, 5.74) is -4.81. The van der Waals surface area contributed by atoms with Gasteiger partial charge in [-0.15, -0.1) is 0 Å². The van der Waals surface area contributed by atoms with Crippen LogP contribution in [0.4, 0.5) is 26.3 Å². The van der Waals surface area contributed by atoms with Gasteiger partial charge in [-0.2, -0.15) is 26.3 Å². The van der Waals surface area contributed by atoms with Gasteiger partial charge in [0.1, 0.15) is 11.3 Å². The van der Waals surface area contributed by atoms with Crippen LogP contribution in [-0.4, -0.2) is 17.7 Å². The third-order valence-corrected chi connectivity index (χ3v) is 2.49. The van der Waals surface area contributed by atoms with Crippen molar-refractivity contribution in [2.45, 2.75) is 25.7 Å². The summed E-state index contributed by atoms with van der Waals surface area (Å²) in [4.78, 5) is 11.2. The molecule has 0 aliphatic carbocycles. The number of benzene rings is 1. The number of carbonyl (C=O) groups excluding carboxylic acids is 1. The van der Waals surface area contributed by atoms with Gasteiger partial charge in [-0.05, 0) is 13.0 Å². The molecule has 0 radical (unpaired) electrons. The first kappa shape index (κ1) is 17.1. The Balaban J connectivity index is 3.38.